The molecule has 0 spiro atoms. The van der Waals surface area contributed by atoms with Gasteiger partial charge in [0, 0.05) is 6.04 Å². The lowest BCUT2D eigenvalue weighted by molar-refractivity contribution is -0.117. The lowest BCUT2D eigenvalue weighted by atomic mass is 10.4. The second kappa shape index (κ2) is 6.24. The van der Waals surface area contributed by atoms with Gasteiger partial charge in [0.2, 0.25) is 11.1 Å². The van der Waals surface area contributed by atoms with Crippen molar-refractivity contribution in [2.45, 2.75) is 32.0 Å². The van der Waals surface area contributed by atoms with E-state index in [1.807, 2.05) is 13.8 Å². The molecule has 17 heavy (non-hydrogen) atoms. The summed E-state index contributed by atoms with van der Waals surface area (Å²) in [5.74, 6) is 0.407. The van der Waals surface area contributed by atoms with E-state index in [0.29, 0.717) is 11.0 Å². The molecule has 1 aromatic rings. The van der Waals surface area contributed by atoms with Crippen LogP contribution >= 0.6 is 11.8 Å². The highest BCUT2D eigenvalue weighted by Crippen LogP contribution is 2.10. The summed E-state index contributed by atoms with van der Waals surface area (Å²) in [4.78, 5) is 26.6. The van der Waals surface area contributed by atoms with E-state index >= 15 is 0 Å². The summed E-state index contributed by atoms with van der Waals surface area (Å²) in [7, 11) is 0. The van der Waals surface area contributed by atoms with Crippen molar-refractivity contribution in [3.8, 4) is 0 Å². The van der Waals surface area contributed by atoms with Crippen LogP contribution in [0, 0.1) is 6.92 Å². The molecule has 0 saturated heterocycles. The van der Waals surface area contributed by atoms with Gasteiger partial charge >= 0.3 is 6.03 Å². The topological polar surface area (TPSA) is 99.8 Å². The Hall–Kier alpha value is -1.57. The van der Waals surface area contributed by atoms with Crippen LogP contribution in [0.3, 0.4) is 0 Å². The summed E-state index contributed by atoms with van der Waals surface area (Å²) < 4.78 is 0. The van der Waals surface area contributed by atoms with Crippen molar-refractivity contribution >= 4 is 23.7 Å². The molecular formula is C9H15N5O2S. The zero-order chi connectivity index (χ0) is 12.8. The highest BCUT2D eigenvalue weighted by Gasteiger charge is 2.10. The maximum absolute atomic E-state index is 11.4. The Morgan fingerprint density at radius 3 is 2.71 bits per heavy atom. The maximum atomic E-state index is 11.4. The number of rotatable bonds is 4. The minimum atomic E-state index is -0.489. The third-order valence-electron chi connectivity index (χ3n) is 1.58. The molecule has 1 heterocycles. The monoisotopic (exact) mass is 257 g/mol. The van der Waals surface area contributed by atoms with Gasteiger partial charge in [0.05, 0.1) is 5.75 Å². The predicted octanol–water partition coefficient (Wildman–Crippen LogP) is 0.439. The van der Waals surface area contributed by atoms with Crippen LogP contribution in [0.5, 0.6) is 0 Å². The Morgan fingerprint density at radius 2 is 2.18 bits per heavy atom. The summed E-state index contributed by atoms with van der Waals surface area (Å²) in [5, 5.41) is 11.8. The van der Waals surface area contributed by atoms with Gasteiger partial charge in [-0.15, -0.1) is 5.10 Å². The lowest BCUT2D eigenvalue weighted by Crippen LogP contribution is -2.43. The highest BCUT2D eigenvalue weighted by atomic mass is 32.2. The van der Waals surface area contributed by atoms with Crippen LogP contribution in [0.2, 0.25) is 0 Å². The summed E-state index contributed by atoms with van der Waals surface area (Å²) in [6.45, 7) is 5.40. The molecule has 3 amide bonds. The third kappa shape index (κ3) is 5.34. The van der Waals surface area contributed by atoms with E-state index in [-0.39, 0.29) is 17.7 Å². The average molecular weight is 257 g/mol. The van der Waals surface area contributed by atoms with Gasteiger partial charge in [-0.3, -0.25) is 15.2 Å². The standard InChI is InChI=1S/C9H15N5O2S/c1-5(2)10-8(16)12-7(15)4-17-9-11-6(3)13-14-9/h5H,4H2,1-3H3,(H,11,13,14)(H2,10,12,15,16). The van der Waals surface area contributed by atoms with Gasteiger partial charge in [0.25, 0.3) is 0 Å². The number of hydrogen-bond acceptors (Lipinski definition) is 5. The molecule has 8 heteroatoms. The fourth-order valence-electron chi connectivity index (χ4n) is 0.978. The summed E-state index contributed by atoms with van der Waals surface area (Å²) in [6.07, 6.45) is 0. The van der Waals surface area contributed by atoms with E-state index in [1.165, 1.54) is 0 Å². The Balaban J connectivity index is 2.28. The minimum Gasteiger partial charge on any atom is -0.336 e. The van der Waals surface area contributed by atoms with Crippen molar-refractivity contribution in [2.75, 3.05) is 5.75 Å². The first-order valence-corrected chi connectivity index (χ1v) is 6.08. The highest BCUT2D eigenvalue weighted by molar-refractivity contribution is 7.99. The van der Waals surface area contributed by atoms with Crippen molar-refractivity contribution in [3.05, 3.63) is 5.82 Å². The van der Waals surface area contributed by atoms with Gasteiger partial charge in [-0.25, -0.2) is 9.78 Å². The summed E-state index contributed by atoms with van der Waals surface area (Å²) in [6, 6.07) is -0.497. The van der Waals surface area contributed by atoms with Crippen LogP contribution in [0.15, 0.2) is 5.16 Å². The number of aromatic nitrogens is 3. The molecule has 1 rings (SSSR count). The van der Waals surface area contributed by atoms with Crippen LogP contribution in [0.4, 0.5) is 4.79 Å². The van der Waals surface area contributed by atoms with Crippen molar-refractivity contribution in [2.24, 2.45) is 0 Å². The number of nitrogens with one attached hydrogen (secondary N) is 3. The first-order valence-electron chi connectivity index (χ1n) is 5.09. The van der Waals surface area contributed by atoms with Crippen molar-refractivity contribution in [1.82, 2.24) is 25.8 Å². The van der Waals surface area contributed by atoms with Gasteiger partial charge in [0.1, 0.15) is 5.82 Å². The van der Waals surface area contributed by atoms with E-state index in [1.54, 1.807) is 6.92 Å². The number of carbonyl (C=O) groups excluding carboxylic acids is 2. The Kier molecular flexibility index (Phi) is 4.95. The smallest absolute Gasteiger partial charge is 0.321 e. The number of urea groups is 1. The molecule has 3 N–H and O–H groups in total. The molecule has 0 unspecified atom stereocenters. The van der Waals surface area contributed by atoms with Crippen molar-refractivity contribution in [1.29, 1.82) is 0 Å². The first kappa shape index (κ1) is 13.5. The third-order valence-corrected chi connectivity index (χ3v) is 2.43. The zero-order valence-electron chi connectivity index (χ0n) is 9.90. The van der Waals surface area contributed by atoms with E-state index in [9.17, 15) is 9.59 Å². The molecule has 0 aliphatic heterocycles. The summed E-state index contributed by atoms with van der Waals surface area (Å²) >= 11 is 1.16. The fourth-order valence-corrected chi connectivity index (χ4v) is 1.62. The molecule has 0 aliphatic rings. The molecule has 94 valence electrons. The predicted molar refractivity (Wildman–Crippen MR) is 63.7 cm³/mol. The minimum absolute atomic E-state index is 0.00823. The quantitative estimate of drug-likeness (QED) is 0.680. The number of aromatic amines is 1. The van der Waals surface area contributed by atoms with E-state index < -0.39 is 6.03 Å². The number of thioether (sulfide) groups is 1. The van der Waals surface area contributed by atoms with Gasteiger partial charge in [0.15, 0.2) is 0 Å². The van der Waals surface area contributed by atoms with Crippen molar-refractivity contribution < 1.29 is 9.59 Å². The van der Waals surface area contributed by atoms with Crippen LogP contribution in [0.25, 0.3) is 0 Å². The van der Waals surface area contributed by atoms with Crippen LogP contribution in [0.1, 0.15) is 19.7 Å². The van der Waals surface area contributed by atoms with Crippen LogP contribution < -0.4 is 10.6 Å². The molecule has 0 aliphatic carbocycles. The van der Waals surface area contributed by atoms with E-state index in [2.05, 4.69) is 25.8 Å². The number of nitrogens with zero attached hydrogens (tertiary/aromatic N) is 2. The largest absolute Gasteiger partial charge is 0.336 e. The summed E-state index contributed by atoms with van der Waals surface area (Å²) in [5.41, 5.74) is 0. The average Bonchev–Trinajstić information content (AvgIpc) is 2.59. The number of H-pyrrole nitrogens is 1. The van der Waals surface area contributed by atoms with E-state index in [4.69, 9.17) is 0 Å². The SMILES string of the molecule is Cc1nc(SCC(=O)NC(=O)NC(C)C)n[nH]1. The van der Waals surface area contributed by atoms with E-state index in [0.717, 1.165) is 11.8 Å². The molecule has 0 fully saturated rings. The van der Waals surface area contributed by atoms with Gasteiger partial charge in [-0.2, -0.15) is 0 Å². The Bertz CT molecular complexity index is 404. The number of aryl methyl sites for hydroxylation is 1. The van der Waals surface area contributed by atoms with Crippen LogP contribution in [-0.2, 0) is 4.79 Å². The van der Waals surface area contributed by atoms with Crippen molar-refractivity contribution in [3.63, 3.8) is 0 Å². The first-order chi connectivity index (χ1) is 7.97. The van der Waals surface area contributed by atoms with Gasteiger partial charge in [-0.1, -0.05) is 11.8 Å². The second-order valence-electron chi connectivity index (χ2n) is 3.67. The molecule has 0 bridgehead atoms. The van der Waals surface area contributed by atoms with Gasteiger partial charge < -0.3 is 5.32 Å². The molecule has 7 nitrogen and oxygen atoms in total. The van der Waals surface area contributed by atoms with Gasteiger partial charge in [-0.05, 0) is 20.8 Å². The molecule has 1 aromatic heterocycles. The molecule has 0 aromatic carbocycles. The molecular weight excluding hydrogens is 242 g/mol. The lowest BCUT2D eigenvalue weighted by Gasteiger charge is -2.08. The second-order valence-corrected chi connectivity index (χ2v) is 4.61. The fraction of sp³-hybridized carbons (Fsp3) is 0.556. The number of carbonyl (C=O) groups is 2. The van der Waals surface area contributed by atoms with Crippen LogP contribution in [-0.4, -0.2) is 38.9 Å². The maximum Gasteiger partial charge on any atom is 0.321 e. The molecule has 0 radical (unpaired) electrons. The number of imide groups is 1. The normalized spacial score (nSPS) is 10.4. The number of amides is 3. The zero-order valence-corrected chi connectivity index (χ0v) is 10.7. The Morgan fingerprint density at radius 1 is 1.47 bits per heavy atom. The number of hydrogen-bond donors (Lipinski definition) is 3. The molecule has 0 saturated carbocycles. The Labute approximate surface area is 103 Å². The molecule has 0 atom stereocenters.